The normalized spacial score (nSPS) is 12.1. The van der Waals surface area contributed by atoms with E-state index in [1.54, 1.807) is 0 Å². The predicted octanol–water partition coefficient (Wildman–Crippen LogP) is 16.0. The van der Waals surface area contributed by atoms with Gasteiger partial charge < -0.3 is 14.2 Å². The Labute approximate surface area is 353 Å². The van der Waals surface area contributed by atoms with Gasteiger partial charge in [-0.3, -0.25) is 14.4 Å². The van der Waals surface area contributed by atoms with Crippen LogP contribution in [0.1, 0.15) is 265 Å². The van der Waals surface area contributed by atoms with Crippen LogP contribution in [0.5, 0.6) is 0 Å². The largest absolute Gasteiger partial charge is 0.462 e. The van der Waals surface area contributed by atoms with Crippen molar-refractivity contribution < 1.29 is 28.6 Å². The van der Waals surface area contributed by atoms with Gasteiger partial charge in [0.05, 0.1) is 0 Å². The molecule has 0 amide bonds. The second kappa shape index (κ2) is 46.6. The van der Waals surface area contributed by atoms with Crippen LogP contribution >= 0.6 is 0 Å². The Hall–Kier alpha value is -2.11. The Bertz CT molecular complexity index is 927. The van der Waals surface area contributed by atoms with E-state index in [1.165, 1.54) is 148 Å². The first-order valence-corrected chi connectivity index (χ1v) is 24.8. The summed E-state index contributed by atoms with van der Waals surface area (Å²) in [7, 11) is 0. The molecule has 0 aromatic rings. The molecule has 0 aliphatic rings. The zero-order chi connectivity index (χ0) is 41.5. The number of carbonyl (C=O) groups is 3. The molecule has 0 rings (SSSR count). The van der Waals surface area contributed by atoms with Crippen molar-refractivity contribution in [3.8, 4) is 0 Å². The average molecular weight is 803 g/mol. The van der Waals surface area contributed by atoms with Crippen LogP contribution in [0.4, 0.5) is 0 Å². The fraction of sp³-hybridized carbons (Fsp3) is 0.863. The fourth-order valence-corrected chi connectivity index (χ4v) is 7.18. The van der Waals surface area contributed by atoms with E-state index in [0.717, 1.165) is 77.0 Å². The molecule has 0 bridgehead atoms. The summed E-state index contributed by atoms with van der Waals surface area (Å²) in [5.41, 5.74) is 0. The minimum absolute atomic E-state index is 0.0714. The highest BCUT2D eigenvalue weighted by Crippen LogP contribution is 2.15. The van der Waals surface area contributed by atoms with E-state index in [0.29, 0.717) is 19.3 Å². The van der Waals surface area contributed by atoms with Gasteiger partial charge in [0, 0.05) is 19.3 Å². The second-order valence-electron chi connectivity index (χ2n) is 16.7. The molecule has 0 saturated carbocycles. The lowest BCUT2D eigenvalue weighted by Crippen LogP contribution is -2.30. The first-order valence-electron chi connectivity index (χ1n) is 24.8. The summed E-state index contributed by atoms with van der Waals surface area (Å²) in [6.07, 6.45) is 51.5. The average Bonchev–Trinajstić information content (AvgIpc) is 3.21. The smallest absolute Gasteiger partial charge is 0.306 e. The highest BCUT2D eigenvalue weighted by atomic mass is 16.6. The molecule has 0 N–H and O–H groups in total. The van der Waals surface area contributed by atoms with Gasteiger partial charge in [-0.1, -0.05) is 218 Å². The lowest BCUT2D eigenvalue weighted by molar-refractivity contribution is -0.167. The number of esters is 3. The van der Waals surface area contributed by atoms with E-state index in [9.17, 15) is 14.4 Å². The molecule has 1 atom stereocenters. The van der Waals surface area contributed by atoms with Gasteiger partial charge in [-0.15, -0.1) is 0 Å². The summed E-state index contributed by atoms with van der Waals surface area (Å²) in [5.74, 6) is -0.876. The van der Waals surface area contributed by atoms with Crippen molar-refractivity contribution in [2.45, 2.75) is 271 Å². The summed E-state index contributed by atoms with van der Waals surface area (Å²) < 4.78 is 16.7. The van der Waals surface area contributed by atoms with E-state index < -0.39 is 6.10 Å². The third kappa shape index (κ3) is 44.8. The fourth-order valence-electron chi connectivity index (χ4n) is 7.18. The summed E-state index contributed by atoms with van der Waals surface area (Å²) in [6.45, 7) is 6.61. The Kier molecular flexibility index (Phi) is 44.9. The standard InChI is InChI=1S/C51H94O6/c1-4-7-10-13-16-19-22-24-26-28-29-32-35-38-41-44-50(53)56-47-48(46-55-49(52)43-40-37-34-31-21-18-15-12-9-6-3)57-51(54)45-42-39-36-33-30-27-25-23-20-17-14-11-8-5-2/h16,19,24,26,48H,4-15,17-18,20-23,25,27-47H2,1-3H3/b19-16-,26-24-/t48-/m1/s1. The summed E-state index contributed by atoms with van der Waals surface area (Å²) in [5, 5.41) is 0. The van der Waals surface area contributed by atoms with Crippen molar-refractivity contribution in [1.29, 1.82) is 0 Å². The predicted molar refractivity (Wildman–Crippen MR) is 243 cm³/mol. The van der Waals surface area contributed by atoms with E-state index >= 15 is 0 Å². The van der Waals surface area contributed by atoms with E-state index in [-0.39, 0.29) is 31.1 Å². The summed E-state index contributed by atoms with van der Waals surface area (Å²) in [6, 6.07) is 0. The maximum Gasteiger partial charge on any atom is 0.306 e. The van der Waals surface area contributed by atoms with Crippen molar-refractivity contribution in [1.82, 2.24) is 0 Å². The lowest BCUT2D eigenvalue weighted by atomic mass is 10.0. The monoisotopic (exact) mass is 803 g/mol. The number of hydrogen-bond acceptors (Lipinski definition) is 6. The number of allylic oxidation sites excluding steroid dienone is 4. The van der Waals surface area contributed by atoms with Crippen LogP contribution in [0.25, 0.3) is 0 Å². The van der Waals surface area contributed by atoms with Gasteiger partial charge in [0.15, 0.2) is 6.10 Å². The van der Waals surface area contributed by atoms with Crippen LogP contribution in [0, 0.1) is 0 Å². The van der Waals surface area contributed by atoms with Gasteiger partial charge in [-0.2, -0.15) is 0 Å². The van der Waals surface area contributed by atoms with Crippen molar-refractivity contribution in [2.75, 3.05) is 13.2 Å². The zero-order valence-electron chi connectivity index (χ0n) is 38.1. The third-order valence-corrected chi connectivity index (χ3v) is 11.0. The zero-order valence-corrected chi connectivity index (χ0v) is 38.1. The molecular weight excluding hydrogens is 709 g/mol. The summed E-state index contributed by atoms with van der Waals surface area (Å²) in [4.78, 5) is 37.8. The van der Waals surface area contributed by atoms with Crippen molar-refractivity contribution >= 4 is 17.9 Å². The van der Waals surface area contributed by atoms with Crippen LogP contribution in [0.2, 0.25) is 0 Å². The first kappa shape index (κ1) is 54.9. The Morgan fingerprint density at radius 1 is 0.351 bits per heavy atom. The van der Waals surface area contributed by atoms with Crippen LogP contribution in [-0.2, 0) is 28.6 Å². The van der Waals surface area contributed by atoms with Gasteiger partial charge >= 0.3 is 17.9 Å². The van der Waals surface area contributed by atoms with E-state index in [1.807, 2.05) is 0 Å². The Morgan fingerprint density at radius 2 is 0.632 bits per heavy atom. The molecule has 0 unspecified atom stereocenters. The minimum atomic E-state index is -0.769. The highest BCUT2D eigenvalue weighted by molar-refractivity contribution is 5.71. The van der Waals surface area contributed by atoms with Gasteiger partial charge in [0.25, 0.3) is 0 Å². The van der Waals surface area contributed by atoms with Gasteiger partial charge in [-0.05, 0) is 51.4 Å². The Balaban J connectivity index is 4.35. The summed E-state index contributed by atoms with van der Waals surface area (Å²) >= 11 is 0. The van der Waals surface area contributed by atoms with Gasteiger partial charge in [-0.25, -0.2) is 0 Å². The SMILES string of the molecule is CCCCC/C=C\C/C=C\CCCCCCCC(=O)OC[C@@H](COC(=O)CCCCCCCCCCCC)OC(=O)CCCCCCCCCCCCCCCC. The molecule has 0 spiro atoms. The number of rotatable bonds is 45. The molecule has 6 heteroatoms. The number of hydrogen-bond donors (Lipinski definition) is 0. The molecule has 0 radical (unpaired) electrons. The maximum atomic E-state index is 12.8. The molecule has 6 nitrogen and oxygen atoms in total. The number of ether oxygens (including phenoxy) is 3. The van der Waals surface area contributed by atoms with Crippen molar-refractivity contribution in [3.63, 3.8) is 0 Å². The third-order valence-electron chi connectivity index (χ3n) is 11.0. The van der Waals surface area contributed by atoms with E-state index in [2.05, 4.69) is 45.1 Å². The van der Waals surface area contributed by atoms with Crippen LogP contribution < -0.4 is 0 Å². The van der Waals surface area contributed by atoms with Crippen molar-refractivity contribution in [2.24, 2.45) is 0 Å². The minimum Gasteiger partial charge on any atom is -0.462 e. The molecule has 57 heavy (non-hydrogen) atoms. The lowest BCUT2D eigenvalue weighted by Gasteiger charge is -2.18. The maximum absolute atomic E-state index is 12.8. The molecule has 0 aliphatic heterocycles. The molecule has 0 aromatic heterocycles. The van der Waals surface area contributed by atoms with E-state index in [4.69, 9.17) is 14.2 Å². The molecular formula is C51H94O6. The van der Waals surface area contributed by atoms with Gasteiger partial charge in [0.2, 0.25) is 0 Å². The highest BCUT2D eigenvalue weighted by Gasteiger charge is 2.19. The molecule has 0 aliphatic carbocycles. The molecule has 334 valence electrons. The first-order chi connectivity index (χ1) is 28.0. The van der Waals surface area contributed by atoms with Crippen molar-refractivity contribution in [3.05, 3.63) is 24.3 Å². The number of unbranched alkanes of at least 4 members (excludes halogenated alkanes) is 30. The molecule has 0 heterocycles. The van der Waals surface area contributed by atoms with Crippen LogP contribution in [0.15, 0.2) is 24.3 Å². The quantitative estimate of drug-likeness (QED) is 0.0264. The second-order valence-corrected chi connectivity index (χ2v) is 16.7. The Morgan fingerprint density at radius 3 is 1.00 bits per heavy atom. The van der Waals surface area contributed by atoms with Crippen LogP contribution in [-0.4, -0.2) is 37.2 Å². The topological polar surface area (TPSA) is 78.9 Å². The molecule has 0 fully saturated rings. The molecule has 0 saturated heterocycles. The molecule has 0 aromatic carbocycles. The van der Waals surface area contributed by atoms with Gasteiger partial charge in [0.1, 0.15) is 13.2 Å². The van der Waals surface area contributed by atoms with Crippen LogP contribution in [0.3, 0.4) is 0 Å². The number of carbonyl (C=O) groups excluding carboxylic acids is 3.